The fourth-order valence-electron chi connectivity index (χ4n) is 2.21. The molecule has 2 heterocycles. The van der Waals surface area contributed by atoms with Crippen molar-refractivity contribution in [1.29, 1.82) is 0 Å². The SMILES string of the molecule is CCOC(=O)c1ccc(NC(=O)CCc2nc(-c3ccco3)no2)cc1. The number of aryl methyl sites for hydroxylation is 1. The Balaban J connectivity index is 1.50. The zero-order valence-corrected chi connectivity index (χ0v) is 14.1. The highest BCUT2D eigenvalue weighted by Crippen LogP contribution is 2.16. The standard InChI is InChI=1S/C18H17N3O5/c1-2-24-18(23)12-5-7-13(8-6-12)19-15(22)9-10-16-20-17(21-26-16)14-4-3-11-25-14/h3-8,11H,2,9-10H2,1H3,(H,19,22). The zero-order chi connectivity index (χ0) is 18.4. The first-order chi connectivity index (χ1) is 12.7. The summed E-state index contributed by atoms with van der Waals surface area (Å²) >= 11 is 0. The summed E-state index contributed by atoms with van der Waals surface area (Å²) in [6.45, 7) is 2.06. The number of furan rings is 1. The summed E-state index contributed by atoms with van der Waals surface area (Å²) in [5.74, 6) is 0.607. The average Bonchev–Trinajstić information content (AvgIpc) is 3.32. The molecule has 0 aliphatic carbocycles. The molecule has 0 unspecified atom stereocenters. The fraction of sp³-hybridized carbons (Fsp3) is 0.222. The number of aromatic nitrogens is 2. The highest BCUT2D eigenvalue weighted by atomic mass is 16.5. The number of hydrogen-bond donors (Lipinski definition) is 1. The monoisotopic (exact) mass is 355 g/mol. The van der Waals surface area contributed by atoms with Crippen LogP contribution in [-0.4, -0.2) is 28.6 Å². The van der Waals surface area contributed by atoms with Gasteiger partial charge in [-0.1, -0.05) is 5.16 Å². The third-order valence-electron chi connectivity index (χ3n) is 3.46. The number of rotatable bonds is 7. The van der Waals surface area contributed by atoms with Crippen LogP contribution < -0.4 is 5.32 Å². The molecule has 0 aliphatic rings. The first-order valence-electron chi connectivity index (χ1n) is 8.09. The fourth-order valence-corrected chi connectivity index (χ4v) is 2.21. The van der Waals surface area contributed by atoms with Gasteiger partial charge in [0.15, 0.2) is 5.76 Å². The average molecular weight is 355 g/mol. The van der Waals surface area contributed by atoms with E-state index in [9.17, 15) is 9.59 Å². The van der Waals surface area contributed by atoms with E-state index in [1.807, 2.05) is 0 Å². The zero-order valence-electron chi connectivity index (χ0n) is 14.1. The third-order valence-corrected chi connectivity index (χ3v) is 3.46. The van der Waals surface area contributed by atoms with E-state index in [2.05, 4.69) is 15.5 Å². The first-order valence-corrected chi connectivity index (χ1v) is 8.09. The second kappa shape index (κ2) is 8.11. The Bertz CT molecular complexity index is 869. The van der Waals surface area contributed by atoms with Crippen LogP contribution in [-0.2, 0) is 16.0 Å². The number of carbonyl (C=O) groups is 2. The lowest BCUT2D eigenvalue weighted by molar-refractivity contribution is -0.116. The quantitative estimate of drug-likeness (QED) is 0.649. The van der Waals surface area contributed by atoms with Crippen molar-refractivity contribution in [3.05, 3.63) is 54.1 Å². The van der Waals surface area contributed by atoms with Crippen molar-refractivity contribution in [1.82, 2.24) is 10.1 Å². The molecule has 26 heavy (non-hydrogen) atoms. The Morgan fingerprint density at radius 1 is 1.19 bits per heavy atom. The van der Waals surface area contributed by atoms with E-state index in [-0.39, 0.29) is 12.3 Å². The largest absolute Gasteiger partial charge is 0.462 e. The van der Waals surface area contributed by atoms with Gasteiger partial charge in [0, 0.05) is 18.5 Å². The molecular weight excluding hydrogens is 338 g/mol. The summed E-state index contributed by atoms with van der Waals surface area (Å²) in [4.78, 5) is 27.8. The number of ether oxygens (including phenoxy) is 1. The maximum absolute atomic E-state index is 12.0. The summed E-state index contributed by atoms with van der Waals surface area (Å²) in [6.07, 6.45) is 2.01. The Hall–Kier alpha value is -3.42. The summed E-state index contributed by atoms with van der Waals surface area (Å²) in [6, 6.07) is 9.94. The van der Waals surface area contributed by atoms with Crippen LogP contribution in [0, 0.1) is 0 Å². The molecule has 0 atom stereocenters. The second-order valence-corrected chi connectivity index (χ2v) is 5.34. The molecule has 1 amide bonds. The molecule has 0 radical (unpaired) electrons. The van der Waals surface area contributed by atoms with Crippen LogP contribution in [0.3, 0.4) is 0 Å². The first kappa shape index (κ1) is 17.4. The predicted molar refractivity (Wildman–Crippen MR) is 91.3 cm³/mol. The van der Waals surface area contributed by atoms with Crippen molar-refractivity contribution in [2.24, 2.45) is 0 Å². The molecule has 3 rings (SSSR count). The van der Waals surface area contributed by atoms with Crippen LogP contribution in [0.2, 0.25) is 0 Å². The molecule has 1 aromatic carbocycles. The predicted octanol–water partition coefficient (Wildman–Crippen LogP) is 3.08. The number of esters is 1. The van der Waals surface area contributed by atoms with E-state index >= 15 is 0 Å². The smallest absolute Gasteiger partial charge is 0.338 e. The molecule has 134 valence electrons. The molecule has 0 fully saturated rings. The molecule has 1 N–H and O–H groups in total. The number of nitrogens with zero attached hydrogens (tertiary/aromatic N) is 2. The summed E-state index contributed by atoms with van der Waals surface area (Å²) in [5.41, 5.74) is 1.02. The molecule has 0 saturated heterocycles. The summed E-state index contributed by atoms with van der Waals surface area (Å²) in [5, 5.41) is 6.55. The normalized spacial score (nSPS) is 10.5. The number of hydrogen-bond acceptors (Lipinski definition) is 7. The van der Waals surface area contributed by atoms with E-state index in [0.717, 1.165) is 0 Å². The third kappa shape index (κ3) is 4.35. The highest BCUT2D eigenvalue weighted by Gasteiger charge is 2.13. The van der Waals surface area contributed by atoms with E-state index in [4.69, 9.17) is 13.7 Å². The van der Waals surface area contributed by atoms with Crippen LogP contribution in [0.1, 0.15) is 29.6 Å². The minimum atomic E-state index is -0.394. The van der Waals surface area contributed by atoms with Crippen molar-refractivity contribution in [2.75, 3.05) is 11.9 Å². The maximum atomic E-state index is 12.0. The van der Waals surface area contributed by atoms with Gasteiger partial charge < -0.3 is 19.0 Å². The van der Waals surface area contributed by atoms with Crippen LogP contribution in [0.25, 0.3) is 11.6 Å². The molecule has 0 spiro atoms. The van der Waals surface area contributed by atoms with Crippen LogP contribution >= 0.6 is 0 Å². The van der Waals surface area contributed by atoms with Gasteiger partial charge >= 0.3 is 5.97 Å². The molecule has 0 bridgehead atoms. The van der Waals surface area contributed by atoms with Crippen LogP contribution in [0.15, 0.2) is 51.6 Å². The molecule has 8 heteroatoms. The Labute approximate surface area is 149 Å². The van der Waals surface area contributed by atoms with Crippen LogP contribution in [0.4, 0.5) is 5.69 Å². The molecule has 0 aliphatic heterocycles. The van der Waals surface area contributed by atoms with Crippen molar-refractivity contribution in [3.8, 4) is 11.6 Å². The van der Waals surface area contributed by atoms with Gasteiger partial charge in [-0.15, -0.1) is 0 Å². The van der Waals surface area contributed by atoms with Gasteiger partial charge in [0.2, 0.25) is 17.6 Å². The minimum Gasteiger partial charge on any atom is -0.462 e. The number of anilines is 1. The highest BCUT2D eigenvalue weighted by molar-refractivity contribution is 5.93. The summed E-state index contributed by atoms with van der Waals surface area (Å²) in [7, 11) is 0. The minimum absolute atomic E-state index is 0.180. The number of amides is 1. The van der Waals surface area contributed by atoms with E-state index in [1.54, 1.807) is 43.3 Å². The molecule has 3 aromatic rings. The van der Waals surface area contributed by atoms with Gasteiger partial charge in [-0.25, -0.2) is 4.79 Å². The van der Waals surface area contributed by atoms with Gasteiger partial charge in [-0.3, -0.25) is 4.79 Å². The molecule has 0 saturated carbocycles. The van der Waals surface area contributed by atoms with Crippen molar-refractivity contribution >= 4 is 17.6 Å². The van der Waals surface area contributed by atoms with Gasteiger partial charge in [0.05, 0.1) is 18.4 Å². The van der Waals surface area contributed by atoms with Gasteiger partial charge in [-0.2, -0.15) is 4.98 Å². The molecule has 8 nitrogen and oxygen atoms in total. The number of nitrogens with one attached hydrogen (secondary N) is 1. The number of carbonyl (C=O) groups excluding carboxylic acids is 2. The number of benzene rings is 1. The molecule has 2 aromatic heterocycles. The Kier molecular flexibility index (Phi) is 5.43. The van der Waals surface area contributed by atoms with Gasteiger partial charge in [-0.05, 0) is 43.3 Å². The van der Waals surface area contributed by atoms with Crippen LogP contribution in [0.5, 0.6) is 0 Å². The molecular formula is C18H17N3O5. The summed E-state index contributed by atoms with van der Waals surface area (Å²) < 4.78 is 15.2. The lowest BCUT2D eigenvalue weighted by Crippen LogP contribution is -2.12. The lowest BCUT2D eigenvalue weighted by atomic mass is 10.2. The van der Waals surface area contributed by atoms with E-state index in [1.165, 1.54) is 6.26 Å². The van der Waals surface area contributed by atoms with Crippen molar-refractivity contribution < 1.29 is 23.3 Å². The maximum Gasteiger partial charge on any atom is 0.338 e. The van der Waals surface area contributed by atoms with E-state index in [0.29, 0.717) is 41.8 Å². The van der Waals surface area contributed by atoms with Gasteiger partial charge in [0.1, 0.15) is 0 Å². The topological polar surface area (TPSA) is 107 Å². The van der Waals surface area contributed by atoms with E-state index < -0.39 is 5.97 Å². The Morgan fingerprint density at radius 3 is 2.69 bits per heavy atom. The van der Waals surface area contributed by atoms with Gasteiger partial charge in [0.25, 0.3) is 0 Å². The Morgan fingerprint density at radius 2 is 2.00 bits per heavy atom. The second-order valence-electron chi connectivity index (χ2n) is 5.34. The lowest BCUT2D eigenvalue weighted by Gasteiger charge is -2.06. The van der Waals surface area contributed by atoms with Crippen molar-refractivity contribution in [2.45, 2.75) is 19.8 Å². The van der Waals surface area contributed by atoms with Crippen molar-refractivity contribution in [3.63, 3.8) is 0 Å².